The van der Waals surface area contributed by atoms with Crippen LogP contribution in [0.1, 0.15) is 39.5 Å². The molecule has 0 spiro atoms. The van der Waals surface area contributed by atoms with Crippen LogP contribution in [0.4, 0.5) is 0 Å². The molecule has 92 valence electrons. The largest absolute Gasteiger partial charge is 0.472 e. The Balaban J connectivity index is 3.45. The fraction of sp³-hybridized carbons (Fsp3) is 1.00. The Morgan fingerprint density at radius 3 is 2.33 bits per heavy atom. The topological polar surface area (TPSA) is 76.0 Å². The van der Waals surface area contributed by atoms with Crippen LogP contribution in [0, 0.1) is 0 Å². The Kier molecular flexibility index (Phi) is 8.29. The second-order valence-corrected chi connectivity index (χ2v) is 5.00. The van der Waals surface area contributed by atoms with Gasteiger partial charge in [-0.1, -0.05) is 12.8 Å². The van der Waals surface area contributed by atoms with Gasteiger partial charge in [-0.3, -0.25) is 9.05 Å². The molecule has 0 saturated heterocycles. The van der Waals surface area contributed by atoms with Crippen molar-refractivity contribution >= 4 is 7.82 Å². The molecule has 0 aliphatic heterocycles. The Morgan fingerprint density at radius 2 is 1.80 bits per heavy atom. The maximum absolute atomic E-state index is 11.2. The van der Waals surface area contributed by atoms with Gasteiger partial charge in [0.1, 0.15) is 0 Å². The summed E-state index contributed by atoms with van der Waals surface area (Å²) in [5.41, 5.74) is 0. The molecule has 1 atom stereocenters. The Bertz CT molecular complexity index is 195. The minimum Gasteiger partial charge on any atom is -0.396 e. The number of rotatable bonds is 9. The summed E-state index contributed by atoms with van der Waals surface area (Å²) in [5, 5.41) is 8.52. The number of phosphoric acid groups is 1. The highest BCUT2D eigenvalue weighted by Crippen LogP contribution is 2.44. The lowest BCUT2D eigenvalue weighted by Gasteiger charge is -2.14. The highest BCUT2D eigenvalue weighted by molar-refractivity contribution is 7.47. The molecule has 1 unspecified atom stereocenters. The normalized spacial score (nSPS) is 15.5. The van der Waals surface area contributed by atoms with Gasteiger partial charge in [-0.15, -0.1) is 0 Å². The molecule has 15 heavy (non-hydrogen) atoms. The first kappa shape index (κ1) is 15.1. The molecule has 0 radical (unpaired) electrons. The molecule has 0 heterocycles. The monoisotopic (exact) mass is 240 g/mol. The highest BCUT2D eigenvalue weighted by atomic mass is 31.2. The minimum atomic E-state index is -3.85. The summed E-state index contributed by atoms with van der Waals surface area (Å²) in [7, 11) is -3.85. The molecule has 0 fully saturated rings. The van der Waals surface area contributed by atoms with Crippen LogP contribution in [0.2, 0.25) is 0 Å². The van der Waals surface area contributed by atoms with Gasteiger partial charge in [-0.05, 0) is 26.7 Å². The van der Waals surface area contributed by atoms with Crippen molar-refractivity contribution in [3.05, 3.63) is 0 Å². The van der Waals surface area contributed by atoms with Crippen LogP contribution in [-0.4, -0.2) is 29.3 Å². The first-order valence-electron chi connectivity index (χ1n) is 5.24. The average molecular weight is 240 g/mol. The molecule has 0 rings (SSSR count). The van der Waals surface area contributed by atoms with E-state index in [1.54, 1.807) is 13.8 Å². The van der Waals surface area contributed by atoms with Gasteiger partial charge >= 0.3 is 7.82 Å². The molecule has 2 N–H and O–H groups in total. The summed E-state index contributed by atoms with van der Waals surface area (Å²) < 4.78 is 20.6. The average Bonchev–Trinajstić information content (AvgIpc) is 2.08. The van der Waals surface area contributed by atoms with Gasteiger partial charge in [0.2, 0.25) is 0 Å². The third kappa shape index (κ3) is 10.4. The smallest absolute Gasteiger partial charge is 0.396 e. The third-order valence-corrected chi connectivity index (χ3v) is 2.85. The van der Waals surface area contributed by atoms with Crippen molar-refractivity contribution in [2.24, 2.45) is 0 Å². The Labute approximate surface area is 91.0 Å². The molecule has 0 aliphatic carbocycles. The number of hydrogen-bond acceptors (Lipinski definition) is 4. The first-order chi connectivity index (χ1) is 6.98. The molecule has 0 bridgehead atoms. The van der Waals surface area contributed by atoms with E-state index in [1.807, 2.05) is 0 Å². The zero-order valence-corrected chi connectivity index (χ0v) is 10.3. The van der Waals surface area contributed by atoms with Crippen LogP contribution in [0.25, 0.3) is 0 Å². The molecular weight excluding hydrogens is 219 g/mol. The van der Waals surface area contributed by atoms with Crippen LogP contribution in [0.3, 0.4) is 0 Å². The van der Waals surface area contributed by atoms with E-state index < -0.39 is 7.82 Å². The van der Waals surface area contributed by atoms with E-state index in [-0.39, 0.29) is 19.3 Å². The van der Waals surface area contributed by atoms with Crippen LogP contribution in [-0.2, 0) is 13.6 Å². The molecular formula is C9H21O5P. The van der Waals surface area contributed by atoms with E-state index in [1.165, 1.54) is 0 Å². The van der Waals surface area contributed by atoms with Crippen LogP contribution < -0.4 is 0 Å². The van der Waals surface area contributed by atoms with Gasteiger partial charge in [0.05, 0.1) is 12.7 Å². The Hall–Kier alpha value is 0.0700. The predicted molar refractivity (Wildman–Crippen MR) is 57.6 cm³/mol. The van der Waals surface area contributed by atoms with Gasteiger partial charge < -0.3 is 10.00 Å². The van der Waals surface area contributed by atoms with Gasteiger partial charge in [-0.2, -0.15) is 0 Å². The number of hydrogen-bond donors (Lipinski definition) is 2. The van der Waals surface area contributed by atoms with Crippen LogP contribution in [0.15, 0.2) is 0 Å². The maximum Gasteiger partial charge on any atom is 0.472 e. The molecule has 0 saturated carbocycles. The number of phosphoric ester groups is 1. The van der Waals surface area contributed by atoms with E-state index in [0.29, 0.717) is 6.42 Å². The maximum atomic E-state index is 11.2. The van der Waals surface area contributed by atoms with Crippen LogP contribution >= 0.6 is 7.82 Å². The fourth-order valence-electron chi connectivity index (χ4n) is 1.04. The van der Waals surface area contributed by atoms with Gasteiger partial charge in [0.15, 0.2) is 0 Å². The lowest BCUT2D eigenvalue weighted by molar-refractivity contribution is 0.119. The zero-order valence-electron chi connectivity index (χ0n) is 9.39. The lowest BCUT2D eigenvalue weighted by atomic mass is 10.2. The van der Waals surface area contributed by atoms with Crippen LogP contribution in [0.5, 0.6) is 0 Å². The minimum absolute atomic E-state index is 0.190. The SMILES string of the molecule is CC(C)OP(=O)(O)OCCCCCCO. The number of aliphatic hydroxyl groups excluding tert-OH is 1. The first-order valence-corrected chi connectivity index (χ1v) is 6.74. The summed E-state index contributed by atoms with van der Waals surface area (Å²) in [6.45, 7) is 3.75. The second-order valence-electron chi connectivity index (χ2n) is 3.59. The van der Waals surface area contributed by atoms with Gasteiger partial charge in [0.25, 0.3) is 0 Å². The summed E-state index contributed by atoms with van der Waals surface area (Å²) >= 11 is 0. The molecule has 0 amide bonds. The third-order valence-electron chi connectivity index (χ3n) is 1.65. The summed E-state index contributed by atoms with van der Waals surface area (Å²) in [5.74, 6) is 0. The number of aliphatic hydroxyl groups is 1. The van der Waals surface area contributed by atoms with Crippen molar-refractivity contribution in [1.82, 2.24) is 0 Å². The summed E-state index contributed by atoms with van der Waals surface area (Å²) in [6.07, 6.45) is 2.92. The van der Waals surface area contributed by atoms with Gasteiger partial charge in [-0.25, -0.2) is 4.57 Å². The van der Waals surface area contributed by atoms with Gasteiger partial charge in [0, 0.05) is 6.61 Å². The fourth-order valence-corrected chi connectivity index (χ4v) is 2.00. The van der Waals surface area contributed by atoms with Crippen molar-refractivity contribution < 1.29 is 23.6 Å². The van der Waals surface area contributed by atoms with Crippen molar-refractivity contribution in [2.45, 2.75) is 45.6 Å². The molecule has 6 heteroatoms. The highest BCUT2D eigenvalue weighted by Gasteiger charge is 2.21. The van der Waals surface area contributed by atoms with Crippen molar-refractivity contribution in [3.63, 3.8) is 0 Å². The van der Waals surface area contributed by atoms with E-state index in [0.717, 1.165) is 19.3 Å². The molecule has 0 aromatic heterocycles. The quantitative estimate of drug-likeness (QED) is 0.476. The molecule has 0 aromatic rings. The second kappa shape index (κ2) is 8.25. The predicted octanol–water partition coefficient (Wildman–Crippen LogP) is 2.08. The van der Waals surface area contributed by atoms with Crippen molar-refractivity contribution in [1.29, 1.82) is 0 Å². The molecule has 0 aliphatic rings. The van der Waals surface area contributed by atoms with E-state index in [2.05, 4.69) is 0 Å². The summed E-state index contributed by atoms with van der Waals surface area (Å²) in [4.78, 5) is 9.16. The Morgan fingerprint density at radius 1 is 1.20 bits per heavy atom. The van der Waals surface area contributed by atoms with Crippen molar-refractivity contribution in [2.75, 3.05) is 13.2 Å². The standard InChI is InChI=1S/C9H21O5P/c1-9(2)14-15(11,12)13-8-6-4-3-5-7-10/h9-10H,3-8H2,1-2H3,(H,11,12). The van der Waals surface area contributed by atoms with Crippen molar-refractivity contribution in [3.8, 4) is 0 Å². The number of unbranched alkanes of at least 4 members (excludes halogenated alkanes) is 3. The zero-order chi connectivity index (χ0) is 11.7. The molecule has 5 nitrogen and oxygen atoms in total. The van der Waals surface area contributed by atoms with E-state index >= 15 is 0 Å². The summed E-state index contributed by atoms with van der Waals surface area (Å²) in [6, 6.07) is 0. The van der Waals surface area contributed by atoms with E-state index in [9.17, 15) is 4.57 Å². The lowest BCUT2D eigenvalue weighted by Crippen LogP contribution is -2.03. The van der Waals surface area contributed by atoms with E-state index in [4.69, 9.17) is 19.0 Å². The molecule has 0 aromatic carbocycles.